The van der Waals surface area contributed by atoms with E-state index in [1.54, 1.807) is 42.5 Å². The first-order valence-corrected chi connectivity index (χ1v) is 12.4. The third-order valence-electron chi connectivity index (χ3n) is 7.63. The highest BCUT2D eigenvalue weighted by Gasteiger charge is 2.19. The molecule has 0 aromatic heterocycles. The van der Waals surface area contributed by atoms with Crippen molar-refractivity contribution in [1.82, 2.24) is 0 Å². The molecular weight excluding hydrogens is 508 g/mol. The van der Waals surface area contributed by atoms with E-state index in [4.69, 9.17) is 0 Å². The van der Waals surface area contributed by atoms with E-state index in [1.807, 2.05) is 42.5 Å². The van der Waals surface area contributed by atoms with E-state index in [2.05, 4.69) is 0 Å². The maximum absolute atomic E-state index is 11.2. The van der Waals surface area contributed by atoms with Crippen molar-refractivity contribution in [2.75, 3.05) is 0 Å². The van der Waals surface area contributed by atoms with Crippen molar-refractivity contribution in [2.45, 2.75) is 0 Å². The molecule has 2 N–H and O–H groups in total. The SMILES string of the molecule is O=[N+]([O-])c1ccc2ccc3c(O)ccc4ccc1c2c43.O=[N+]([O-])c1ccc2ccc3ccc(O)c4ccc1c2c34. The van der Waals surface area contributed by atoms with Gasteiger partial charge in [-0.3, -0.25) is 20.2 Å². The number of phenolic OH excluding ortho intramolecular Hbond substituents is 2. The Labute approximate surface area is 224 Å². The van der Waals surface area contributed by atoms with Crippen LogP contribution in [0.4, 0.5) is 11.4 Å². The first-order chi connectivity index (χ1) is 19.3. The molecule has 0 fully saturated rings. The van der Waals surface area contributed by atoms with E-state index >= 15 is 0 Å². The molecule has 0 aliphatic rings. The third kappa shape index (κ3) is 3.26. The van der Waals surface area contributed by atoms with Gasteiger partial charge in [-0.2, -0.15) is 0 Å². The highest BCUT2D eigenvalue weighted by atomic mass is 16.6. The second-order valence-electron chi connectivity index (χ2n) is 9.70. The van der Waals surface area contributed by atoms with Crippen molar-refractivity contribution >= 4 is 76.0 Å². The fourth-order valence-corrected chi connectivity index (χ4v) is 5.86. The minimum Gasteiger partial charge on any atom is -0.507 e. The predicted octanol–water partition coefficient (Wildman–Crippen LogP) is 8.40. The fraction of sp³-hybridized carbons (Fsp3) is 0. The largest absolute Gasteiger partial charge is 0.507 e. The topological polar surface area (TPSA) is 127 Å². The zero-order valence-corrected chi connectivity index (χ0v) is 20.7. The lowest BCUT2D eigenvalue weighted by Crippen LogP contribution is -1.91. The number of aromatic hydroxyl groups is 2. The van der Waals surface area contributed by atoms with Gasteiger partial charge in [0.15, 0.2) is 0 Å². The normalized spacial score (nSPS) is 11.6. The fourth-order valence-electron chi connectivity index (χ4n) is 5.86. The lowest BCUT2D eigenvalue weighted by molar-refractivity contribution is -0.383. The van der Waals surface area contributed by atoms with E-state index in [1.165, 1.54) is 12.1 Å². The summed E-state index contributed by atoms with van der Waals surface area (Å²) in [7, 11) is 0. The van der Waals surface area contributed by atoms with Gasteiger partial charge in [0, 0.05) is 44.5 Å². The molecule has 192 valence electrons. The highest BCUT2D eigenvalue weighted by Crippen LogP contribution is 2.42. The second kappa shape index (κ2) is 8.37. The van der Waals surface area contributed by atoms with Gasteiger partial charge in [-0.1, -0.05) is 42.5 Å². The Morgan fingerprint density at radius 2 is 0.675 bits per heavy atom. The molecule has 0 aliphatic carbocycles. The Balaban J connectivity index is 0.000000132. The van der Waals surface area contributed by atoms with Gasteiger partial charge in [0.1, 0.15) is 11.5 Å². The number of phenols is 2. The Morgan fingerprint density at radius 3 is 1.10 bits per heavy atom. The number of hydrogen-bond acceptors (Lipinski definition) is 6. The number of nitro groups is 2. The summed E-state index contributed by atoms with van der Waals surface area (Å²) in [6.07, 6.45) is 0. The molecule has 8 heteroatoms. The van der Waals surface area contributed by atoms with Gasteiger partial charge in [-0.15, -0.1) is 0 Å². The van der Waals surface area contributed by atoms with Gasteiger partial charge in [-0.05, 0) is 64.0 Å². The van der Waals surface area contributed by atoms with Crippen LogP contribution in [0.25, 0.3) is 64.6 Å². The van der Waals surface area contributed by atoms with E-state index in [0.29, 0.717) is 10.8 Å². The number of benzene rings is 8. The monoisotopic (exact) mass is 526 g/mol. The minimum absolute atomic E-state index is 0.0928. The molecule has 0 saturated carbocycles. The number of rotatable bonds is 2. The van der Waals surface area contributed by atoms with Crippen LogP contribution in [0, 0.1) is 20.2 Å². The molecule has 8 aromatic carbocycles. The van der Waals surface area contributed by atoms with Crippen molar-refractivity contribution in [3.8, 4) is 11.5 Å². The van der Waals surface area contributed by atoms with Gasteiger partial charge in [0.05, 0.1) is 20.6 Å². The molecule has 0 amide bonds. The molecule has 0 unspecified atom stereocenters. The lowest BCUT2D eigenvalue weighted by Gasteiger charge is -2.11. The van der Waals surface area contributed by atoms with Crippen LogP contribution in [-0.2, 0) is 0 Å². The Morgan fingerprint density at radius 1 is 0.400 bits per heavy atom. The van der Waals surface area contributed by atoms with Crippen molar-refractivity contribution in [3.63, 3.8) is 0 Å². The Kier molecular flexibility index (Phi) is 4.89. The summed E-state index contributed by atoms with van der Waals surface area (Å²) in [6, 6.07) is 28.3. The zero-order chi connectivity index (χ0) is 27.7. The van der Waals surface area contributed by atoms with Crippen LogP contribution in [-0.4, -0.2) is 20.1 Å². The highest BCUT2D eigenvalue weighted by molar-refractivity contribution is 6.26. The summed E-state index contributed by atoms with van der Waals surface area (Å²) < 4.78 is 0. The van der Waals surface area contributed by atoms with Crippen molar-refractivity contribution in [1.29, 1.82) is 0 Å². The maximum Gasteiger partial charge on any atom is 0.277 e. The van der Waals surface area contributed by atoms with Crippen molar-refractivity contribution < 1.29 is 20.1 Å². The number of nitro benzene ring substituents is 2. The van der Waals surface area contributed by atoms with Gasteiger partial charge in [-0.25, -0.2) is 0 Å². The van der Waals surface area contributed by atoms with Crippen LogP contribution in [0.1, 0.15) is 0 Å². The molecule has 0 saturated heterocycles. The van der Waals surface area contributed by atoms with E-state index < -0.39 is 0 Å². The molecule has 0 radical (unpaired) electrons. The first-order valence-electron chi connectivity index (χ1n) is 12.4. The van der Waals surface area contributed by atoms with Crippen LogP contribution < -0.4 is 0 Å². The standard InChI is InChI=1S/2C16H9NO3/c18-14-8-4-10-1-5-11-13(17(19)20)7-3-9-2-6-12(14)16(10)15(9)11;18-14-8-4-10-2-1-9-3-7-13(17(19)20)11-5-6-12(14)16(10)15(9)11/h2*1-8,18H. The lowest BCUT2D eigenvalue weighted by atomic mass is 9.93. The third-order valence-corrected chi connectivity index (χ3v) is 7.63. The smallest absolute Gasteiger partial charge is 0.277 e. The minimum atomic E-state index is -0.369. The Bertz CT molecular complexity index is 2210. The van der Waals surface area contributed by atoms with E-state index in [-0.39, 0.29) is 32.7 Å². The van der Waals surface area contributed by atoms with Crippen LogP contribution in [0.5, 0.6) is 11.5 Å². The molecule has 8 aromatic rings. The predicted molar refractivity (Wildman–Crippen MR) is 157 cm³/mol. The van der Waals surface area contributed by atoms with Crippen LogP contribution >= 0.6 is 0 Å². The molecule has 0 bridgehead atoms. The maximum atomic E-state index is 11.2. The molecule has 0 atom stereocenters. The second-order valence-corrected chi connectivity index (χ2v) is 9.70. The zero-order valence-electron chi connectivity index (χ0n) is 20.7. The molecule has 8 nitrogen and oxygen atoms in total. The van der Waals surface area contributed by atoms with Crippen LogP contribution in [0.15, 0.2) is 97.1 Å². The number of non-ortho nitro benzene ring substituents is 2. The quantitative estimate of drug-likeness (QED) is 0.132. The molecule has 0 aliphatic heterocycles. The van der Waals surface area contributed by atoms with Crippen molar-refractivity contribution in [2.24, 2.45) is 0 Å². The van der Waals surface area contributed by atoms with Gasteiger partial charge < -0.3 is 10.2 Å². The van der Waals surface area contributed by atoms with Gasteiger partial charge in [0.2, 0.25) is 0 Å². The number of nitrogens with zero attached hydrogens (tertiary/aromatic N) is 2. The summed E-state index contributed by atoms with van der Waals surface area (Å²) in [4.78, 5) is 21.6. The van der Waals surface area contributed by atoms with E-state index in [9.17, 15) is 30.4 Å². The molecule has 40 heavy (non-hydrogen) atoms. The summed E-state index contributed by atoms with van der Waals surface area (Å²) in [5.74, 6) is 0.386. The first kappa shape index (κ1) is 23.4. The molecule has 8 rings (SSSR count). The summed E-state index contributed by atoms with van der Waals surface area (Å²) in [6.45, 7) is 0. The molecular formula is C32H18N2O6. The van der Waals surface area contributed by atoms with Gasteiger partial charge in [0.25, 0.3) is 11.4 Å². The summed E-state index contributed by atoms with van der Waals surface area (Å²) in [5.41, 5.74) is 0.186. The van der Waals surface area contributed by atoms with Crippen molar-refractivity contribution in [3.05, 3.63) is 117 Å². The summed E-state index contributed by atoms with van der Waals surface area (Å²) >= 11 is 0. The molecule has 0 spiro atoms. The molecule has 0 heterocycles. The van der Waals surface area contributed by atoms with Crippen LogP contribution in [0.3, 0.4) is 0 Å². The van der Waals surface area contributed by atoms with Gasteiger partial charge >= 0.3 is 0 Å². The number of hydrogen-bond donors (Lipinski definition) is 2. The average Bonchev–Trinajstić information content (AvgIpc) is 2.96. The van der Waals surface area contributed by atoms with Crippen LogP contribution in [0.2, 0.25) is 0 Å². The summed E-state index contributed by atoms with van der Waals surface area (Å²) in [5, 5.41) is 52.2. The Hall–Kier alpha value is -5.76. The van der Waals surface area contributed by atoms with E-state index in [0.717, 1.165) is 53.9 Å². The average molecular weight is 527 g/mol.